The van der Waals surface area contributed by atoms with Crippen LogP contribution >= 0.6 is 0 Å². The molecule has 0 saturated heterocycles. The molecule has 3 heteroatoms. The summed E-state index contributed by atoms with van der Waals surface area (Å²) in [5.41, 5.74) is 6.05. The lowest BCUT2D eigenvalue weighted by molar-refractivity contribution is -0.126. The molecule has 0 fully saturated rings. The second kappa shape index (κ2) is 8.83. The van der Waals surface area contributed by atoms with Gasteiger partial charge in [0.25, 0.3) is 0 Å². The zero-order valence-electron chi connectivity index (χ0n) is 13.7. The Labute approximate surface area is 129 Å². The number of nitrogens with one attached hydrogen (secondary N) is 1. The highest BCUT2D eigenvalue weighted by Gasteiger charge is 2.29. The first-order chi connectivity index (χ1) is 9.94. The third-order valence-corrected chi connectivity index (χ3v) is 3.84. The molecule has 1 rings (SSSR count). The van der Waals surface area contributed by atoms with Gasteiger partial charge in [-0.25, -0.2) is 0 Å². The maximum Gasteiger partial charge on any atom is 0.244 e. The van der Waals surface area contributed by atoms with Gasteiger partial charge in [0, 0.05) is 6.54 Å². The molecular formula is C18H30N2O. The average Bonchev–Trinajstić information content (AvgIpc) is 2.46. The van der Waals surface area contributed by atoms with Crippen LogP contribution in [-0.4, -0.2) is 12.5 Å². The standard InChI is InChI=1S/C18H30N2O/c1-15(2)11-7-4-5-10-14-20-17(21)18(3,19)16-12-8-6-9-13-16/h6,8-9,12-13,15H,4-5,7,10-11,14,19H2,1-3H3,(H,20,21). The van der Waals surface area contributed by atoms with E-state index in [-0.39, 0.29) is 5.91 Å². The van der Waals surface area contributed by atoms with Crippen molar-refractivity contribution < 1.29 is 4.79 Å². The maximum atomic E-state index is 12.2. The highest BCUT2D eigenvalue weighted by molar-refractivity contribution is 5.86. The van der Waals surface area contributed by atoms with Crippen LogP contribution in [0, 0.1) is 5.92 Å². The van der Waals surface area contributed by atoms with Crippen molar-refractivity contribution in [3.05, 3.63) is 35.9 Å². The van der Waals surface area contributed by atoms with Gasteiger partial charge in [-0.2, -0.15) is 0 Å². The van der Waals surface area contributed by atoms with Gasteiger partial charge in [-0.15, -0.1) is 0 Å². The van der Waals surface area contributed by atoms with Crippen molar-refractivity contribution in [2.24, 2.45) is 11.7 Å². The van der Waals surface area contributed by atoms with Crippen molar-refractivity contribution >= 4 is 5.91 Å². The zero-order chi connectivity index (χ0) is 15.7. The molecule has 1 unspecified atom stereocenters. The smallest absolute Gasteiger partial charge is 0.244 e. The second-order valence-corrected chi connectivity index (χ2v) is 6.42. The number of benzene rings is 1. The summed E-state index contributed by atoms with van der Waals surface area (Å²) in [7, 11) is 0. The van der Waals surface area contributed by atoms with Crippen LogP contribution < -0.4 is 11.1 Å². The zero-order valence-corrected chi connectivity index (χ0v) is 13.7. The van der Waals surface area contributed by atoms with Gasteiger partial charge in [0.05, 0.1) is 0 Å². The molecule has 0 radical (unpaired) electrons. The SMILES string of the molecule is CC(C)CCCCCCNC(=O)C(C)(N)c1ccccc1. The van der Waals surface area contributed by atoms with Crippen molar-refractivity contribution in [3.8, 4) is 0 Å². The van der Waals surface area contributed by atoms with Gasteiger partial charge in [-0.3, -0.25) is 4.79 Å². The maximum absolute atomic E-state index is 12.2. The molecule has 3 nitrogen and oxygen atoms in total. The van der Waals surface area contributed by atoms with E-state index in [2.05, 4.69) is 19.2 Å². The van der Waals surface area contributed by atoms with Crippen LogP contribution in [-0.2, 0) is 10.3 Å². The number of carbonyl (C=O) groups excluding carboxylic acids is 1. The quantitative estimate of drug-likeness (QED) is 0.683. The molecule has 21 heavy (non-hydrogen) atoms. The monoisotopic (exact) mass is 290 g/mol. The van der Waals surface area contributed by atoms with Crippen molar-refractivity contribution in [2.75, 3.05) is 6.54 Å². The Morgan fingerprint density at radius 1 is 1.14 bits per heavy atom. The molecule has 1 aromatic carbocycles. The van der Waals surface area contributed by atoms with Gasteiger partial charge < -0.3 is 11.1 Å². The van der Waals surface area contributed by atoms with Crippen molar-refractivity contribution in [1.29, 1.82) is 0 Å². The van der Waals surface area contributed by atoms with Gasteiger partial charge in [0.1, 0.15) is 5.54 Å². The Balaban J connectivity index is 2.24. The summed E-state index contributed by atoms with van der Waals surface area (Å²) >= 11 is 0. The van der Waals surface area contributed by atoms with Gasteiger partial charge >= 0.3 is 0 Å². The number of hydrogen-bond acceptors (Lipinski definition) is 2. The fourth-order valence-electron chi connectivity index (χ4n) is 2.33. The van der Waals surface area contributed by atoms with Crippen molar-refractivity contribution in [2.45, 2.75) is 58.4 Å². The fourth-order valence-corrected chi connectivity index (χ4v) is 2.33. The first-order valence-electron chi connectivity index (χ1n) is 8.07. The number of hydrogen-bond donors (Lipinski definition) is 2. The van der Waals surface area contributed by atoms with Crippen LogP contribution in [0.4, 0.5) is 0 Å². The molecule has 0 aromatic heterocycles. The molecule has 0 spiro atoms. The Kier molecular flexibility index (Phi) is 7.44. The largest absolute Gasteiger partial charge is 0.354 e. The highest BCUT2D eigenvalue weighted by atomic mass is 16.2. The molecule has 3 N–H and O–H groups in total. The third-order valence-electron chi connectivity index (χ3n) is 3.84. The molecule has 1 atom stereocenters. The van der Waals surface area contributed by atoms with E-state index < -0.39 is 5.54 Å². The topological polar surface area (TPSA) is 55.1 Å². The molecule has 0 saturated carbocycles. The first kappa shape index (κ1) is 17.7. The predicted molar refractivity (Wildman–Crippen MR) is 88.9 cm³/mol. The van der Waals surface area contributed by atoms with Crippen LogP contribution in [0.3, 0.4) is 0 Å². The third kappa shape index (κ3) is 6.30. The van der Waals surface area contributed by atoms with Gasteiger partial charge in [-0.1, -0.05) is 69.9 Å². The normalized spacial score (nSPS) is 14.0. The molecule has 0 aliphatic rings. The van der Waals surface area contributed by atoms with Crippen LogP contribution in [0.25, 0.3) is 0 Å². The van der Waals surface area contributed by atoms with E-state index in [1.54, 1.807) is 6.92 Å². The summed E-state index contributed by atoms with van der Waals surface area (Å²) < 4.78 is 0. The Morgan fingerprint density at radius 2 is 1.76 bits per heavy atom. The molecule has 0 heterocycles. The molecule has 0 aliphatic heterocycles. The highest BCUT2D eigenvalue weighted by Crippen LogP contribution is 2.17. The van der Waals surface area contributed by atoms with E-state index >= 15 is 0 Å². The van der Waals surface area contributed by atoms with E-state index in [0.29, 0.717) is 6.54 Å². The molecule has 0 aliphatic carbocycles. The molecule has 0 bridgehead atoms. The molecule has 1 amide bonds. The van der Waals surface area contributed by atoms with E-state index in [1.165, 1.54) is 25.7 Å². The lowest BCUT2D eigenvalue weighted by atomic mass is 9.92. The number of amides is 1. The van der Waals surface area contributed by atoms with E-state index in [1.807, 2.05) is 30.3 Å². The lowest BCUT2D eigenvalue weighted by Gasteiger charge is -2.24. The molecular weight excluding hydrogens is 260 g/mol. The van der Waals surface area contributed by atoms with Gasteiger partial charge in [-0.05, 0) is 24.8 Å². The van der Waals surface area contributed by atoms with Crippen molar-refractivity contribution in [3.63, 3.8) is 0 Å². The minimum atomic E-state index is -0.959. The summed E-state index contributed by atoms with van der Waals surface area (Å²) in [6.45, 7) is 6.98. The lowest BCUT2D eigenvalue weighted by Crippen LogP contribution is -2.49. The predicted octanol–water partition coefficient (Wildman–Crippen LogP) is 3.58. The summed E-state index contributed by atoms with van der Waals surface area (Å²) in [5.74, 6) is 0.685. The van der Waals surface area contributed by atoms with Gasteiger partial charge in [0.2, 0.25) is 5.91 Å². The Bertz CT molecular complexity index is 412. The average molecular weight is 290 g/mol. The van der Waals surface area contributed by atoms with Crippen molar-refractivity contribution in [1.82, 2.24) is 5.32 Å². The van der Waals surface area contributed by atoms with Crippen LogP contribution in [0.15, 0.2) is 30.3 Å². The van der Waals surface area contributed by atoms with Crippen LogP contribution in [0.5, 0.6) is 0 Å². The fraction of sp³-hybridized carbons (Fsp3) is 0.611. The first-order valence-corrected chi connectivity index (χ1v) is 8.07. The Hall–Kier alpha value is -1.35. The summed E-state index contributed by atoms with van der Waals surface area (Å²) in [4.78, 5) is 12.2. The van der Waals surface area contributed by atoms with E-state index in [0.717, 1.165) is 17.9 Å². The second-order valence-electron chi connectivity index (χ2n) is 6.42. The summed E-state index contributed by atoms with van der Waals surface area (Å²) in [6, 6.07) is 9.52. The number of unbranched alkanes of at least 4 members (excludes halogenated alkanes) is 3. The van der Waals surface area contributed by atoms with Crippen LogP contribution in [0.2, 0.25) is 0 Å². The summed E-state index contributed by atoms with van der Waals surface area (Å²) in [5, 5.41) is 2.96. The summed E-state index contributed by atoms with van der Waals surface area (Å²) in [6.07, 6.45) is 6.01. The number of rotatable bonds is 9. The molecule has 1 aromatic rings. The number of carbonyl (C=O) groups is 1. The van der Waals surface area contributed by atoms with E-state index in [4.69, 9.17) is 5.73 Å². The Morgan fingerprint density at radius 3 is 2.38 bits per heavy atom. The van der Waals surface area contributed by atoms with Crippen LogP contribution in [0.1, 0.15) is 58.4 Å². The number of nitrogens with two attached hydrogens (primary N) is 1. The van der Waals surface area contributed by atoms with Gasteiger partial charge in [0.15, 0.2) is 0 Å². The van der Waals surface area contributed by atoms with E-state index in [9.17, 15) is 4.79 Å². The molecule has 118 valence electrons. The minimum Gasteiger partial charge on any atom is -0.354 e. The minimum absolute atomic E-state index is 0.101.